The summed E-state index contributed by atoms with van der Waals surface area (Å²) >= 11 is 0. The molecule has 0 bridgehead atoms. The van der Waals surface area contributed by atoms with Crippen LogP contribution in [-0.2, 0) is 9.59 Å². The Labute approximate surface area is 150 Å². The molecule has 0 radical (unpaired) electrons. The second kappa shape index (κ2) is 6.96. The van der Waals surface area contributed by atoms with E-state index in [1.165, 1.54) is 20.1 Å². The first-order valence-corrected chi connectivity index (χ1v) is 8.19. The van der Waals surface area contributed by atoms with Crippen molar-refractivity contribution in [3.05, 3.63) is 70.8 Å². The Morgan fingerprint density at radius 1 is 1.04 bits per heavy atom. The summed E-state index contributed by atoms with van der Waals surface area (Å²) in [6, 6.07) is 13.3. The van der Waals surface area contributed by atoms with Crippen LogP contribution >= 0.6 is 0 Å². The lowest BCUT2D eigenvalue weighted by molar-refractivity contribution is -0.117. The SMILES string of the molecule is COc1cccc([C@H](CC(C)=O)C2=C(O)c3ccccc3C(=O)C2=O)c1. The number of carbonyl (C=O) groups is 3. The number of hydrogen-bond donors (Lipinski definition) is 1. The minimum atomic E-state index is -0.782. The fourth-order valence-electron chi connectivity index (χ4n) is 3.24. The van der Waals surface area contributed by atoms with Crippen molar-refractivity contribution in [2.45, 2.75) is 19.3 Å². The molecule has 0 aliphatic heterocycles. The second-order valence-corrected chi connectivity index (χ2v) is 6.20. The number of methoxy groups -OCH3 is 1. The molecule has 0 heterocycles. The van der Waals surface area contributed by atoms with E-state index in [9.17, 15) is 19.5 Å². The zero-order chi connectivity index (χ0) is 18.8. The van der Waals surface area contributed by atoms with Crippen LogP contribution in [0.1, 0.15) is 40.7 Å². The molecule has 2 aromatic rings. The largest absolute Gasteiger partial charge is 0.507 e. The Balaban J connectivity index is 2.21. The van der Waals surface area contributed by atoms with Gasteiger partial charge in [-0.3, -0.25) is 14.4 Å². The molecule has 0 aromatic heterocycles. The third kappa shape index (κ3) is 3.04. The first kappa shape index (κ1) is 17.6. The fraction of sp³-hybridized carbons (Fsp3) is 0.190. The van der Waals surface area contributed by atoms with Gasteiger partial charge in [0.2, 0.25) is 11.6 Å². The van der Waals surface area contributed by atoms with Gasteiger partial charge in [0.05, 0.1) is 12.7 Å². The van der Waals surface area contributed by atoms with Gasteiger partial charge >= 0.3 is 0 Å². The number of ether oxygens (including phenoxy) is 1. The summed E-state index contributed by atoms with van der Waals surface area (Å²) < 4.78 is 5.21. The summed E-state index contributed by atoms with van der Waals surface area (Å²) in [6.45, 7) is 1.41. The lowest BCUT2D eigenvalue weighted by Crippen LogP contribution is -2.28. The molecule has 0 amide bonds. The number of ketones is 3. The number of allylic oxidation sites excluding steroid dienone is 1. The Morgan fingerprint density at radius 2 is 1.73 bits per heavy atom. The molecule has 1 atom stereocenters. The summed E-state index contributed by atoms with van der Waals surface area (Å²) in [6.07, 6.45) is -0.00620. The number of fused-ring (bicyclic) bond motifs is 1. The van der Waals surface area contributed by atoms with Crippen molar-refractivity contribution in [1.82, 2.24) is 0 Å². The van der Waals surface area contributed by atoms with Gasteiger partial charge in [-0.25, -0.2) is 0 Å². The Morgan fingerprint density at radius 3 is 2.38 bits per heavy atom. The Bertz CT molecular complexity index is 939. The zero-order valence-electron chi connectivity index (χ0n) is 14.5. The van der Waals surface area contributed by atoms with Crippen molar-refractivity contribution in [3.8, 4) is 5.75 Å². The highest BCUT2D eigenvalue weighted by Crippen LogP contribution is 2.38. The molecule has 0 spiro atoms. The molecule has 1 aliphatic carbocycles. The van der Waals surface area contributed by atoms with Crippen LogP contribution < -0.4 is 4.74 Å². The van der Waals surface area contributed by atoms with E-state index in [0.29, 0.717) is 16.9 Å². The topological polar surface area (TPSA) is 80.7 Å². The summed E-state index contributed by atoms with van der Waals surface area (Å²) in [5.41, 5.74) is 1.06. The van der Waals surface area contributed by atoms with Crippen LogP contribution in [0.2, 0.25) is 0 Å². The van der Waals surface area contributed by atoms with Crippen LogP contribution in [0.15, 0.2) is 54.1 Å². The monoisotopic (exact) mass is 350 g/mol. The third-order valence-corrected chi connectivity index (χ3v) is 4.47. The van der Waals surface area contributed by atoms with E-state index in [-0.39, 0.29) is 29.1 Å². The molecular weight excluding hydrogens is 332 g/mol. The highest BCUT2D eigenvalue weighted by Gasteiger charge is 2.37. The van der Waals surface area contributed by atoms with Crippen LogP contribution in [0, 0.1) is 0 Å². The maximum atomic E-state index is 12.7. The smallest absolute Gasteiger partial charge is 0.234 e. The van der Waals surface area contributed by atoms with Gasteiger partial charge < -0.3 is 9.84 Å². The Kier molecular flexibility index (Phi) is 4.71. The van der Waals surface area contributed by atoms with E-state index < -0.39 is 17.5 Å². The van der Waals surface area contributed by atoms with Crippen LogP contribution in [0.4, 0.5) is 0 Å². The number of carbonyl (C=O) groups excluding carboxylic acids is 3. The molecule has 1 aliphatic rings. The molecule has 0 saturated heterocycles. The van der Waals surface area contributed by atoms with E-state index in [0.717, 1.165) is 0 Å². The predicted molar refractivity (Wildman–Crippen MR) is 96.4 cm³/mol. The van der Waals surface area contributed by atoms with Crippen LogP contribution in [0.5, 0.6) is 5.75 Å². The van der Waals surface area contributed by atoms with E-state index in [1.54, 1.807) is 42.5 Å². The van der Waals surface area contributed by atoms with Gasteiger partial charge in [0.15, 0.2) is 0 Å². The average Bonchev–Trinajstić information content (AvgIpc) is 2.65. The van der Waals surface area contributed by atoms with Gasteiger partial charge in [-0.2, -0.15) is 0 Å². The molecule has 5 nitrogen and oxygen atoms in total. The second-order valence-electron chi connectivity index (χ2n) is 6.20. The van der Waals surface area contributed by atoms with Gasteiger partial charge in [0, 0.05) is 23.5 Å². The lowest BCUT2D eigenvalue weighted by Gasteiger charge is -2.24. The first-order valence-electron chi connectivity index (χ1n) is 8.19. The van der Waals surface area contributed by atoms with Crippen LogP contribution in [0.3, 0.4) is 0 Å². The van der Waals surface area contributed by atoms with Crippen molar-refractivity contribution in [3.63, 3.8) is 0 Å². The molecule has 0 unspecified atom stereocenters. The number of aliphatic hydroxyl groups excluding tert-OH is 1. The number of Topliss-reactive ketones (excluding diaryl/α,β-unsaturated/α-hetero) is 3. The average molecular weight is 350 g/mol. The molecule has 0 fully saturated rings. The molecular formula is C21H18O5. The van der Waals surface area contributed by atoms with E-state index in [4.69, 9.17) is 4.74 Å². The highest BCUT2D eigenvalue weighted by molar-refractivity contribution is 6.52. The predicted octanol–water partition coefficient (Wildman–Crippen LogP) is 3.49. The number of rotatable bonds is 5. The molecule has 132 valence electrons. The standard InChI is InChI=1S/C21H18O5/c1-12(22)10-17(13-6-5-7-14(11-13)26-2)18-19(23)15-8-3-4-9-16(15)20(24)21(18)25/h3-9,11,17,23H,10H2,1-2H3/t17-/m0/s1. The zero-order valence-corrected chi connectivity index (χ0v) is 14.5. The highest BCUT2D eigenvalue weighted by atomic mass is 16.5. The molecule has 1 N–H and O–H groups in total. The number of aliphatic hydroxyl groups is 1. The summed E-state index contributed by atoms with van der Waals surface area (Å²) in [4.78, 5) is 37.1. The lowest BCUT2D eigenvalue weighted by atomic mass is 9.77. The minimum absolute atomic E-state index is 0.00620. The third-order valence-electron chi connectivity index (χ3n) is 4.47. The van der Waals surface area contributed by atoms with E-state index in [1.807, 2.05) is 0 Å². The molecule has 0 saturated carbocycles. The van der Waals surface area contributed by atoms with E-state index in [2.05, 4.69) is 0 Å². The Hall–Kier alpha value is -3.21. The number of benzene rings is 2. The van der Waals surface area contributed by atoms with Gasteiger partial charge in [0.1, 0.15) is 17.3 Å². The maximum absolute atomic E-state index is 12.7. The maximum Gasteiger partial charge on any atom is 0.234 e. The summed E-state index contributed by atoms with van der Waals surface area (Å²) in [5.74, 6) is -2.03. The first-order chi connectivity index (χ1) is 12.4. The molecule has 26 heavy (non-hydrogen) atoms. The van der Waals surface area contributed by atoms with Crippen molar-refractivity contribution < 1.29 is 24.2 Å². The van der Waals surface area contributed by atoms with Gasteiger partial charge in [0.25, 0.3) is 0 Å². The van der Waals surface area contributed by atoms with Crippen molar-refractivity contribution in [1.29, 1.82) is 0 Å². The van der Waals surface area contributed by atoms with Crippen LogP contribution in [0.25, 0.3) is 5.76 Å². The summed E-state index contributed by atoms with van der Waals surface area (Å²) in [5, 5.41) is 10.7. The van der Waals surface area contributed by atoms with Crippen molar-refractivity contribution in [2.75, 3.05) is 7.11 Å². The van der Waals surface area contributed by atoms with Crippen LogP contribution in [-0.4, -0.2) is 29.6 Å². The minimum Gasteiger partial charge on any atom is -0.507 e. The normalized spacial score (nSPS) is 14.8. The number of hydrogen-bond acceptors (Lipinski definition) is 5. The van der Waals surface area contributed by atoms with Gasteiger partial charge in [-0.05, 0) is 24.6 Å². The summed E-state index contributed by atoms with van der Waals surface area (Å²) in [7, 11) is 1.52. The quantitative estimate of drug-likeness (QED) is 0.835. The fourth-order valence-corrected chi connectivity index (χ4v) is 3.24. The van der Waals surface area contributed by atoms with E-state index >= 15 is 0 Å². The molecule has 5 heteroatoms. The van der Waals surface area contributed by atoms with Gasteiger partial charge in [-0.1, -0.05) is 36.4 Å². The molecule has 2 aromatic carbocycles. The van der Waals surface area contributed by atoms with Crippen molar-refractivity contribution in [2.24, 2.45) is 0 Å². The van der Waals surface area contributed by atoms with Crippen molar-refractivity contribution >= 4 is 23.1 Å². The molecule has 3 rings (SSSR count). The van der Waals surface area contributed by atoms with Gasteiger partial charge in [-0.15, -0.1) is 0 Å².